The number of imidazole rings is 1. The molecule has 152 valence electrons. The van der Waals surface area contributed by atoms with Crippen molar-refractivity contribution in [3.05, 3.63) is 66.1 Å². The Morgan fingerprint density at radius 3 is 2.45 bits per heavy atom. The number of unbranched alkanes of at least 4 members (excludes halogenated alkanes) is 1. The first-order chi connectivity index (χ1) is 14.0. The van der Waals surface area contributed by atoms with E-state index in [9.17, 15) is 13.6 Å². The number of alkyl carbamates (subject to hydrolysis) is 1. The summed E-state index contributed by atoms with van der Waals surface area (Å²) in [7, 11) is 0. The Hall–Kier alpha value is -3.22. The zero-order valence-corrected chi connectivity index (χ0v) is 16.2. The van der Waals surface area contributed by atoms with Crippen LogP contribution in [0.5, 0.6) is 0 Å². The molecular weight excluding hydrogens is 376 g/mol. The van der Waals surface area contributed by atoms with Gasteiger partial charge >= 0.3 is 6.09 Å². The first kappa shape index (κ1) is 20.5. The van der Waals surface area contributed by atoms with Crippen molar-refractivity contribution in [3.8, 4) is 22.4 Å². The number of hydrogen-bond donors (Lipinski definition) is 2. The molecule has 1 amide bonds. The van der Waals surface area contributed by atoms with E-state index >= 15 is 0 Å². The number of benzene rings is 2. The van der Waals surface area contributed by atoms with Crippen LogP contribution in [0.4, 0.5) is 13.6 Å². The molecule has 1 aromatic heterocycles. The molecule has 0 saturated heterocycles. The molecule has 0 aliphatic rings. The number of carbonyl (C=O) groups excluding carboxylic acids is 1. The van der Waals surface area contributed by atoms with Gasteiger partial charge in [0.05, 0.1) is 18.5 Å². The Balaban J connectivity index is 1.57. The fourth-order valence-corrected chi connectivity index (χ4v) is 2.84. The van der Waals surface area contributed by atoms with Crippen LogP contribution in [0.1, 0.15) is 25.6 Å². The van der Waals surface area contributed by atoms with Crippen molar-refractivity contribution in [2.75, 3.05) is 13.2 Å². The molecule has 7 heteroatoms. The highest BCUT2D eigenvalue weighted by atomic mass is 19.1. The van der Waals surface area contributed by atoms with E-state index in [2.05, 4.69) is 15.3 Å². The molecule has 0 atom stereocenters. The third-order valence-corrected chi connectivity index (χ3v) is 4.38. The van der Waals surface area contributed by atoms with Crippen molar-refractivity contribution >= 4 is 6.09 Å². The van der Waals surface area contributed by atoms with Gasteiger partial charge in [0.1, 0.15) is 17.5 Å². The maximum Gasteiger partial charge on any atom is 0.407 e. The number of ether oxygens (including phenoxy) is 1. The summed E-state index contributed by atoms with van der Waals surface area (Å²) in [5.74, 6) is -0.472. The van der Waals surface area contributed by atoms with Gasteiger partial charge < -0.3 is 15.0 Å². The average molecular weight is 399 g/mol. The van der Waals surface area contributed by atoms with Gasteiger partial charge in [-0.15, -0.1) is 0 Å². The summed E-state index contributed by atoms with van der Waals surface area (Å²) in [6, 6.07) is 10.8. The number of halogens is 2. The van der Waals surface area contributed by atoms with E-state index in [4.69, 9.17) is 4.74 Å². The van der Waals surface area contributed by atoms with E-state index in [0.717, 1.165) is 41.6 Å². The summed E-state index contributed by atoms with van der Waals surface area (Å²) < 4.78 is 31.8. The molecule has 2 N–H and O–H groups in total. The molecule has 0 fully saturated rings. The topological polar surface area (TPSA) is 67.0 Å². The van der Waals surface area contributed by atoms with Gasteiger partial charge in [-0.3, -0.25) is 0 Å². The second kappa shape index (κ2) is 9.82. The van der Waals surface area contributed by atoms with E-state index in [1.54, 1.807) is 18.3 Å². The van der Waals surface area contributed by atoms with E-state index in [1.807, 2.05) is 19.1 Å². The second-order valence-corrected chi connectivity index (χ2v) is 6.65. The van der Waals surface area contributed by atoms with Crippen molar-refractivity contribution < 1.29 is 18.3 Å². The zero-order chi connectivity index (χ0) is 20.6. The maximum absolute atomic E-state index is 13.4. The van der Waals surface area contributed by atoms with Crippen LogP contribution >= 0.6 is 0 Å². The van der Waals surface area contributed by atoms with Crippen LogP contribution in [0, 0.1) is 11.6 Å². The number of amides is 1. The molecule has 1 heterocycles. The van der Waals surface area contributed by atoms with Crippen molar-refractivity contribution in [3.63, 3.8) is 0 Å². The van der Waals surface area contributed by atoms with Crippen LogP contribution in [0.25, 0.3) is 22.4 Å². The van der Waals surface area contributed by atoms with Gasteiger partial charge in [0.15, 0.2) is 0 Å². The number of H-pyrrole nitrogens is 1. The van der Waals surface area contributed by atoms with Gasteiger partial charge in [-0.2, -0.15) is 0 Å². The van der Waals surface area contributed by atoms with Crippen LogP contribution in [0.3, 0.4) is 0 Å². The van der Waals surface area contributed by atoms with Gasteiger partial charge in [-0.25, -0.2) is 18.6 Å². The highest BCUT2D eigenvalue weighted by Gasteiger charge is 2.07. The lowest BCUT2D eigenvalue weighted by molar-refractivity contribution is 0.144. The minimum Gasteiger partial charge on any atom is -0.450 e. The first-order valence-corrected chi connectivity index (χ1v) is 9.56. The quantitative estimate of drug-likeness (QED) is 0.519. The molecule has 0 unspecified atom stereocenters. The molecule has 0 radical (unpaired) electrons. The summed E-state index contributed by atoms with van der Waals surface area (Å²) >= 11 is 0. The summed E-state index contributed by atoms with van der Waals surface area (Å²) in [6.45, 7) is 2.87. The van der Waals surface area contributed by atoms with Gasteiger partial charge in [-0.1, -0.05) is 37.6 Å². The Morgan fingerprint density at radius 2 is 1.76 bits per heavy atom. The average Bonchev–Trinajstić information content (AvgIpc) is 3.16. The Morgan fingerprint density at radius 1 is 1.07 bits per heavy atom. The number of rotatable bonds is 8. The van der Waals surface area contributed by atoms with E-state index in [0.29, 0.717) is 25.1 Å². The highest BCUT2D eigenvalue weighted by molar-refractivity contribution is 5.69. The van der Waals surface area contributed by atoms with Gasteiger partial charge in [0, 0.05) is 19.0 Å². The fraction of sp³-hybridized carbons (Fsp3) is 0.273. The molecule has 3 aromatic rings. The minimum atomic E-state index is -0.606. The fourth-order valence-electron chi connectivity index (χ4n) is 2.84. The number of nitrogens with zero attached hydrogens (tertiary/aromatic N) is 1. The molecule has 5 nitrogen and oxygen atoms in total. The van der Waals surface area contributed by atoms with Crippen LogP contribution < -0.4 is 5.32 Å². The van der Waals surface area contributed by atoms with Crippen LogP contribution in [0.2, 0.25) is 0 Å². The molecule has 0 aliphatic heterocycles. The van der Waals surface area contributed by atoms with Crippen molar-refractivity contribution in [2.24, 2.45) is 0 Å². The number of nitrogens with one attached hydrogen (secondary N) is 2. The molecule has 0 saturated carbocycles. The van der Waals surface area contributed by atoms with E-state index in [1.165, 1.54) is 12.1 Å². The maximum atomic E-state index is 13.4. The van der Waals surface area contributed by atoms with Crippen molar-refractivity contribution in [1.29, 1.82) is 0 Å². The zero-order valence-electron chi connectivity index (χ0n) is 16.2. The minimum absolute atomic E-state index is 0.419. The molecule has 2 aromatic carbocycles. The number of aromatic nitrogens is 2. The highest BCUT2D eigenvalue weighted by Crippen LogP contribution is 2.25. The van der Waals surface area contributed by atoms with Crippen LogP contribution in [-0.4, -0.2) is 29.2 Å². The first-order valence-electron chi connectivity index (χ1n) is 9.56. The second-order valence-electron chi connectivity index (χ2n) is 6.65. The Labute approximate surface area is 168 Å². The van der Waals surface area contributed by atoms with Crippen LogP contribution in [-0.2, 0) is 11.2 Å². The largest absolute Gasteiger partial charge is 0.450 e. The monoisotopic (exact) mass is 399 g/mol. The predicted octanol–water partition coefficient (Wildman–Crippen LogP) is 5.09. The lowest BCUT2D eigenvalue weighted by atomic mass is 10.0. The third-order valence-electron chi connectivity index (χ3n) is 4.38. The Kier molecular flexibility index (Phi) is 6.94. The van der Waals surface area contributed by atoms with E-state index in [-0.39, 0.29) is 0 Å². The smallest absolute Gasteiger partial charge is 0.407 e. The normalized spacial score (nSPS) is 10.7. The SMILES string of the molecule is CCCCOC(=O)NCCc1ncc(-c2ccc(-c3cc(F)cc(F)c3)cc2)[nH]1. The number of aromatic amines is 1. The Bertz CT molecular complexity index is 935. The summed E-state index contributed by atoms with van der Waals surface area (Å²) in [4.78, 5) is 19.0. The standard InChI is InChI=1S/C22H23F2N3O2/c1-2-3-10-29-22(28)25-9-8-21-26-14-20(27-21)16-6-4-15(5-7-16)17-11-18(23)13-19(24)12-17/h4-7,11-14H,2-3,8-10H2,1H3,(H,25,28)(H,26,27). The lowest BCUT2D eigenvalue weighted by Gasteiger charge is -2.05. The van der Waals surface area contributed by atoms with E-state index < -0.39 is 17.7 Å². The van der Waals surface area contributed by atoms with Gasteiger partial charge in [0.25, 0.3) is 0 Å². The molecule has 3 rings (SSSR count). The molecule has 0 bridgehead atoms. The summed E-state index contributed by atoms with van der Waals surface area (Å²) in [5.41, 5.74) is 2.92. The number of hydrogen-bond acceptors (Lipinski definition) is 3. The molecule has 0 aliphatic carbocycles. The van der Waals surface area contributed by atoms with Crippen molar-refractivity contribution in [2.45, 2.75) is 26.2 Å². The van der Waals surface area contributed by atoms with Gasteiger partial charge in [0.2, 0.25) is 0 Å². The third kappa shape index (κ3) is 5.88. The lowest BCUT2D eigenvalue weighted by Crippen LogP contribution is -2.27. The number of carbonyl (C=O) groups is 1. The van der Waals surface area contributed by atoms with Gasteiger partial charge in [-0.05, 0) is 35.2 Å². The summed E-state index contributed by atoms with van der Waals surface area (Å²) in [6.07, 6.45) is 3.66. The van der Waals surface area contributed by atoms with Crippen LogP contribution in [0.15, 0.2) is 48.7 Å². The van der Waals surface area contributed by atoms with Crippen molar-refractivity contribution in [1.82, 2.24) is 15.3 Å². The summed E-state index contributed by atoms with van der Waals surface area (Å²) in [5, 5.41) is 2.69. The molecule has 0 spiro atoms. The molecule has 29 heavy (non-hydrogen) atoms. The predicted molar refractivity (Wildman–Crippen MR) is 107 cm³/mol. The molecular formula is C22H23F2N3O2.